The number of amides is 1. The topological polar surface area (TPSA) is 32.8 Å². The number of benzene rings is 3. The average molecular weight is 415 g/mol. The summed E-state index contributed by atoms with van der Waals surface area (Å²) in [6.45, 7) is 2.58. The van der Waals surface area contributed by atoms with Gasteiger partial charge in [0.05, 0.1) is 5.69 Å². The second-order valence-electron chi connectivity index (χ2n) is 7.19. The van der Waals surface area contributed by atoms with Crippen LogP contribution in [0.5, 0.6) is 5.75 Å². The molecule has 30 heavy (non-hydrogen) atoms. The SMILES string of the molecule is Cc1ccc(COc2ccc(/C=C3/C(=O)N(c4ccccc4)C(=S)N3C)cc2)cc1. The number of anilines is 1. The molecule has 0 unspecified atom stereocenters. The molecule has 0 saturated carbocycles. The zero-order valence-electron chi connectivity index (χ0n) is 16.9. The third kappa shape index (κ3) is 4.11. The van der Waals surface area contributed by atoms with Gasteiger partial charge < -0.3 is 9.64 Å². The monoisotopic (exact) mass is 414 g/mol. The van der Waals surface area contributed by atoms with E-state index >= 15 is 0 Å². The summed E-state index contributed by atoms with van der Waals surface area (Å²) in [6.07, 6.45) is 1.85. The molecule has 1 heterocycles. The fraction of sp³-hybridized carbons (Fsp3) is 0.120. The van der Waals surface area contributed by atoms with Crippen LogP contribution in [-0.2, 0) is 11.4 Å². The minimum atomic E-state index is -0.131. The quantitative estimate of drug-likeness (QED) is 0.426. The summed E-state index contributed by atoms with van der Waals surface area (Å²) in [4.78, 5) is 16.3. The van der Waals surface area contributed by atoms with Crippen LogP contribution in [0.25, 0.3) is 6.08 Å². The zero-order valence-corrected chi connectivity index (χ0v) is 17.7. The normalized spacial score (nSPS) is 15.2. The van der Waals surface area contributed by atoms with E-state index in [4.69, 9.17) is 17.0 Å². The van der Waals surface area contributed by atoms with Gasteiger partial charge in [0.25, 0.3) is 5.91 Å². The van der Waals surface area contributed by atoms with Gasteiger partial charge in [-0.3, -0.25) is 9.69 Å². The molecule has 4 nitrogen and oxygen atoms in total. The molecule has 1 aliphatic rings. The Kier molecular flexibility index (Phi) is 5.63. The first-order chi connectivity index (χ1) is 14.5. The van der Waals surface area contributed by atoms with Crippen molar-refractivity contribution in [3.05, 3.63) is 101 Å². The molecule has 3 aromatic rings. The number of thiocarbonyl (C=S) groups is 1. The number of aryl methyl sites for hydroxylation is 1. The van der Waals surface area contributed by atoms with E-state index < -0.39 is 0 Å². The number of carbonyl (C=O) groups is 1. The second kappa shape index (κ2) is 8.51. The van der Waals surface area contributed by atoms with Crippen LogP contribution in [0, 0.1) is 6.92 Å². The van der Waals surface area contributed by atoms with E-state index in [-0.39, 0.29) is 5.91 Å². The predicted molar refractivity (Wildman–Crippen MR) is 124 cm³/mol. The van der Waals surface area contributed by atoms with Crippen molar-refractivity contribution in [2.75, 3.05) is 11.9 Å². The van der Waals surface area contributed by atoms with Crippen molar-refractivity contribution in [1.29, 1.82) is 0 Å². The van der Waals surface area contributed by atoms with Crippen LogP contribution in [-0.4, -0.2) is 23.0 Å². The van der Waals surface area contributed by atoms with Crippen molar-refractivity contribution in [1.82, 2.24) is 4.90 Å². The van der Waals surface area contributed by atoms with E-state index in [0.717, 1.165) is 22.6 Å². The Hall–Kier alpha value is -3.44. The number of ether oxygens (including phenoxy) is 1. The van der Waals surface area contributed by atoms with Gasteiger partial charge in [-0.2, -0.15) is 0 Å². The first-order valence-corrected chi connectivity index (χ1v) is 10.1. The van der Waals surface area contributed by atoms with Gasteiger partial charge in [0.1, 0.15) is 18.1 Å². The molecule has 4 rings (SSSR count). The largest absolute Gasteiger partial charge is 0.489 e. The van der Waals surface area contributed by atoms with Gasteiger partial charge in [-0.15, -0.1) is 0 Å². The fourth-order valence-electron chi connectivity index (χ4n) is 3.23. The molecule has 1 aliphatic heterocycles. The molecule has 0 spiro atoms. The van der Waals surface area contributed by atoms with Crippen LogP contribution < -0.4 is 9.64 Å². The van der Waals surface area contributed by atoms with Crippen LogP contribution in [0.1, 0.15) is 16.7 Å². The smallest absolute Gasteiger partial charge is 0.281 e. The number of para-hydroxylation sites is 1. The van der Waals surface area contributed by atoms with Crippen LogP contribution in [0.15, 0.2) is 84.6 Å². The molecule has 5 heteroatoms. The minimum absolute atomic E-state index is 0.131. The highest BCUT2D eigenvalue weighted by Crippen LogP contribution is 2.28. The maximum atomic E-state index is 13.0. The van der Waals surface area contributed by atoms with Crippen LogP contribution >= 0.6 is 12.2 Å². The van der Waals surface area contributed by atoms with E-state index in [1.807, 2.05) is 67.7 Å². The molecule has 0 bridgehead atoms. The Balaban J connectivity index is 1.48. The predicted octanol–water partition coefficient (Wildman–Crippen LogP) is 5.18. The van der Waals surface area contributed by atoms with Gasteiger partial charge in [-0.05, 0) is 60.6 Å². The van der Waals surface area contributed by atoms with Crippen LogP contribution in [0.4, 0.5) is 5.69 Å². The zero-order chi connectivity index (χ0) is 21.1. The van der Waals surface area contributed by atoms with Crippen LogP contribution in [0.2, 0.25) is 0 Å². The van der Waals surface area contributed by atoms with Gasteiger partial charge in [-0.25, -0.2) is 0 Å². The van der Waals surface area contributed by atoms with Crippen molar-refractivity contribution in [2.45, 2.75) is 13.5 Å². The maximum absolute atomic E-state index is 13.0. The summed E-state index contributed by atoms with van der Waals surface area (Å²) < 4.78 is 5.86. The van der Waals surface area contributed by atoms with Crippen molar-refractivity contribution < 1.29 is 9.53 Å². The lowest BCUT2D eigenvalue weighted by Crippen LogP contribution is -2.30. The van der Waals surface area contributed by atoms with Crippen molar-refractivity contribution in [3.63, 3.8) is 0 Å². The molecule has 0 atom stereocenters. The summed E-state index contributed by atoms with van der Waals surface area (Å²) in [5.74, 6) is 0.652. The lowest BCUT2D eigenvalue weighted by atomic mass is 10.1. The number of hydrogen-bond donors (Lipinski definition) is 0. The Morgan fingerprint density at radius 1 is 0.933 bits per heavy atom. The third-order valence-corrected chi connectivity index (χ3v) is 5.44. The highest BCUT2D eigenvalue weighted by molar-refractivity contribution is 7.80. The molecule has 0 radical (unpaired) electrons. The number of rotatable bonds is 5. The Morgan fingerprint density at radius 2 is 1.60 bits per heavy atom. The van der Waals surface area contributed by atoms with E-state index in [1.165, 1.54) is 5.56 Å². The molecule has 0 N–H and O–H groups in total. The summed E-state index contributed by atoms with van der Waals surface area (Å²) >= 11 is 5.50. The summed E-state index contributed by atoms with van der Waals surface area (Å²) in [6, 6.07) is 25.4. The summed E-state index contributed by atoms with van der Waals surface area (Å²) in [7, 11) is 1.81. The molecule has 0 aromatic heterocycles. The van der Waals surface area contributed by atoms with Crippen LogP contribution in [0.3, 0.4) is 0 Å². The molecule has 150 valence electrons. The first kappa shape index (κ1) is 19.9. The lowest BCUT2D eigenvalue weighted by Gasteiger charge is -2.16. The van der Waals surface area contributed by atoms with E-state index in [9.17, 15) is 4.79 Å². The van der Waals surface area contributed by atoms with Gasteiger partial charge in [0.15, 0.2) is 5.11 Å². The standard InChI is InChI=1S/C25H22N2O2S/c1-18-8-10-20(11-9-18)17-29-22-14-12-19(13-15-22)16-23-24(28)27(25(30)26(23)2)21-6-4-3-5-7-21/h3-16H,17H2,1-2H3/b23-16-. The second-order valence-corrected chi connectivity index (χ2v) is 7.56. The maximum Gasteiger partial charge on any atom is 0.281 e. The third-order valence-electron chi connectivity index (χ3n) is 4.99. The number of hydrogen-bond acceptors (Lipinski definition) is 3. The lowest BCUT2D eigenvalue weighted by molar-refractivity contribution is -0.114. The van der Waals surface area contributed by atoms with Crippen molar-refractivity contribution >= 4 is 35.0 Å². The van der Waals surface area contributed by atoms with E-state index in [2.05, 4.69) is 31.2 Å². The van der Waals surface area contributed by atoms with E-state index in [1.54, 1.807) is 9.80 Å². The van der Waals surface area contributed by atoms with Gasteiger partial charge in [0.2, 0.25) is 0 Å². The van der Waals surface area contributed by atoms with Gasteiger partial charge >= 0.3 is 0 Å². The highest BCUT2D eigenvalue weighted by atomic mass is 32.1. The molecule has 1 saturated heterocycles. The molecule has 3 aromatic carbocycles. The summed E-state index contributed by atoms with van der Waals surface area (Å²) in [5, 5.41) is 0.468. The molecule has 1 fully saturated rings. The van der Waals surface area contributed by atoms with Crippen molar-refractivity contribution in [3.8, 4) is 5.75 Å². The molecule has 0 aliphatic carbocycles. The number of carbonyl (C=O) groups excluding carboxylic acids is 1. The Bertz CT molecular complexity index is 1090. The Labute approximate surface area is 182 Å². The summed E-state index contributed by atoms with van der Waals surface area (Å²) in [5.41, 5.74) is 4.57. The Morgan fingerprint density at radius 3 is 2.27 bits per heavy atom. The van der Waals surface area contributed by atoms with Gasteiger partial charge in [0, 0.05) is 7.05 Å². The number of likely N-dealkylation sites (N-methyl/N-ethyl adjacent to an activating group) is 1. The molecular weight excluding hydrogens is 392 g/mol. The minimum Gasteiger partial charge on any atom is -0.489 e. The first-order valence-electron chi connectivity index (χ1n) is 9.70. The molecule has 1 amide bonds. The fourth-order valence-corrected chi connectivity index (χ4v) is 3.52. The molecular formula is C25H22N2O2S. The van der Waals surface area contributed by atoms with Crippen molar-refractivity contribution in [2.24, 2.45) is 0 Å². The highest BCUT2D eigenvalue weighted by Gasteiger charge is 2.36. The van der Waals surface area contributed by atoms with E-state index in [0.29, 0.717) is 17.4 Å². The number of nitrogens with zero attached hydrogens (tertiary/aromatic N) is 2. The van der Waals surface area contributed by atoms with Gasteiger partial charge in [-0.1, -0.05) is 60.2 Å². The average Bonchev–Trinajstić information content (AvgIpc) is 2.98.